The van der Waals surface area contributed by atoms with E-state index < -0.39 is 5.41 Å². The average molecular weight is 244 g/mol. The van der Waals surface area contributed by atoms with Gasteiger partial charge in [-0.3, -0.25) is 4.79 Å². The summed E-state index contributed by atoms with van der Waals surface area (Å²) in [5, 5.41) is 11.6. The lowest BCUT2D eigenvalue weighted by Gasteiger charge is -2.26. The number of hydrogen-bond acceptors (Lipinski definition) is 2. The molecule has 1 rings (SSSR count). The monoisotopic (exact) mass is 244 g/mol. The number of carbonyl (C=O) groups excluding carboxylic acids is 1. The number of carbonyl (C=O) groups is 1. The molecule has 0 aromatic heterocycles. The molecule has 1 atom stereocenters. The van der Waals surface area contributed by atoms with Crippen molar-refractivity contribution in [1.82, 2.24) is 5.32 Å². The summed E-state index contributed by atoms with van der Waals surface area (Å²) in [5.41, 5.74) is 0.402. The van der Waals surface area contributed by atoms with Gasteiger partial charge in [0.15, 0.2) is 0 Å². The molecule has 1 N–H and O–H groups in total. The predicted octanol–water partition coefficient (Wildman–Crippen LogP) is 2.77. The van der Waals surface area contributed by atoms with Crippen LogP contribution in [0.2, 0.25) is 0 Å². The molecule has 0 spiro atoms. The lowest BCUT2D eigenvalue weighted by Crippen LogP contribution is -2.44. The summed E-state index contributed by atoms with van der Waals surface area (Å²) in [7, 11) is 0. The van der Waals surface area contributed by atoms with Crippen molar-refractivity contribution >= 4 is 5.91 Å². The first kappa shape index (κ1) is 14.2. The first-order chi connectivity index (χ1) is 8.52. The first-order valence-electron chi connectivity index (χ1n) is 6.25. The third kappa shape index (κ3) is 3.33. The van der Waals surface area contributed by atoms with Crippen LogP contribution in [0.15, 0.2) is 30.3 Å². The molecule has 0 fully saturated rings. The summed E-state index contributed by atoms with van der Waals surface area (Å²) in [6.07, 6.45) is 1.12. The van der Waals surface area contributed by atoms with Gasteiger partial charge >= 0.3 is 0 Å². The van der Waals surface area contributed by atoms with Crippen LogP contribution in [0, 0.1) is 11.3 Å². The normalized spacial score (nSPS) is 12.6. The molecule has 0 heterocycles. The molecular formula is C15H20N2O. The molecule has 96 valence electrons. The van der Waals surface area contributed by atoms with E-state index in [1.54, 1.807) is 0 Å². The molecule has 0 radical (unpaired) electrons. The number of benzene rings is 1. The zero-order chi connectivity index (χ0) is 13.6. The van der Waals surface area contributed by atoms with E-state index in [-0.39, 0.29) is 11.9 Å². The molecule has 0 saturated carbocycles. The Balaban J connectivity index is 2.80. The maximum Gasteiger partial charge on any atom is 0.230 e. The summed E-state index contributed by atoms with van der Waals surface area (Å²) < 4.78 is 0. The molecule has 18 heavy (non-hydrogen) atoms. The second-order valence-corrected chi connectivity index (χ2v) is 4.93. The van der Waals surface area contributed by atoms with Gasteiger partial charge in [0.2, 0.25) is 5.91 Å². The molecule has 0 aliphatic rings. The number of nitriles is 1. The van der Waals surface area contributed by atoms with E-state index in [0.29, 0.717) is 6.42 Å². The Morgan fingerprint density at radius 3 is 2.50 bits per heavy atom. The van der Waals surface area contributed by atoms with Crippen LogP contribution in [0.5, 0.6) is 0 Å². The smallest absolute Gasteiger partial charge is 0.230 e. The van der Waals surface area contributed by atoms with Crippen molar-refractivity contribution in [2.45, 2.75) is 45.1 Å². The van der Waals surface area contributed by atoms with Crippen LogP contribution in [0.25, 0.3) is 0 Å². The quantitative estimate of drug-likeness (QED) is 0.866. The van der Waals surface area contributed by atoms with E-state index in [1.807, 2.05) is 51.1 Å². The largest absolute Gasteiger partial charge is 0.352 e. The number of nitrogens with zero attached hydrogens (tertiary/aromatic N) is 1. The summed E-state index contributed by atoms with van der Waals surface area (Å²) >= 11 is 0. The molecule has 0 aliphatic heterocycles. The Hall–Kier alpha value is -1.82. The molecule has 1 unspecified atom stereocenters. The van der Waals surface area contributed by atoms with E-state index in [2.05, 4.69) is 11.4 Å². The molecule has 0 aliphatic carbocycles. The minimum atomic E-state index is -0.579. The Labute approximate surface area is 109 Å². The molecule has 1 aromatic carbocycles. The highest BCUT2D eigenvalue weighted by molar-refractivity contribution is 5.87. The zero-order valence-corrected chi connectivity index (χ0v) is 11.2. The van der Waals surface area contributed by atoms with Crippen molar-refractivity contribution in [3.63, 3.8) is 0 Å². The SMILES string of the molecule is CCC(CC#N)NC(=O)C(C)(C)c1ccccc1. The molecule has 0 bridgehead atoms. The van der Waals surface area contributed by atoms with Crippen LogP contribution < -0.4 is 5.32 Å². The lowest BCUT2D eigenvalue weighted by molar-refractivity contribution is -0.126. The van der Waals surface area contributed by atoms with E-state index in [4.69, 9.17) is 5.26 Å². The van der Waals surface area contributed by atoms with E-state index in [0.717, 1.165) is 12.0 Å². The molecular weight excluding hydrogens is 224 g/mol. The minimum Gasteiger partial charge on any atom is -0.352 e. The predicted molar refractivity (Wildman–Crippen MR) is 71.9 cm³/mol. The fraction of sp³-hybridized carbons (Fsp3) is 0.467. The topological polar surface area (TPSA) is 52.9 Å². The van der Waals surface area contributed by atoms with Crippen LogP contribution in [0.1, 0.15) is 39.2 Å². The molecule has 3 heteroatoms. The van der Waals surface area contributed by atoms with Crippen molar-refractivity contribution in [3.8, 4) is 6.07 Å². The van der Waals surface area contributed by atoms with Gasteiger partial charge in [0, 0.05) is 6.04 Å². The van der Waals surface area contributed by atoms with E-state index in [1.165, 1.54) is 0 Å². The van der Waals surface area contributed by atoms with Crippen molar-refractivity contribution in [1.29, 1.82) is 5.26 Å². The Morgan fingerprint density at radius 2 is 2.00 bits per heavy atom. The third-order valence-corrected chi connectivity index (χ3v) is 3.23. The third-order valence-electron chi connectivity index (χ3n) is 3.23. The van der Waals surface area contributed by atoms with Gasteiger partial charge in [0.05, 0.1) is 17.9 Å². The van der Waals surface area contributed by atoms with Gasteiger partial charge < -0.3 is 5.32 Å². The highest BCUT2D eigenvalue weighted by Crippen LogP contribution is 2.23. The van der Waals surface area contributed by atoms with Crippen LogP contribution in [0.4, 0.5) is 0 Å². The summed E-state index contributed by atoms with van der Waals surface area (Å²) in [5.74, 6) is -0.0317. The van der Waals surface area contributed by atoms with Crippen LogP contribution >= 0.6 is 0 Å². The first-order valence-corrected chi connectivity index (χ1v) is 6.25. The van der Waals surface area contributed by atoms with Crippen LogP contribution in [-0.4, -0.2) is 11.9 Å². The van der Waals surface area contributed by atoms with Crippen LogP contribution in [-0.2, 0) is 10.2 Å². The maximum atomic E-state index is 12.3. The molecule has 1 amide bonds. The van der Waals surface area contributed by atoms with Crippen molar-refractivity contribution in [2.75, 3.05) is 0 Å². The Kier molecular flexibility index (Phi) is 4.91. The van der Waals surface area contributed by atoms with Crippen LogP contribution in [0.3, 0.4) is 0 Å². The number of hydrogen-bond donors (Lipinski definition) is 1. The standard InChI is InChI=1S/C15H20N2O/c1-4-13(10-11-16)17-14(18)15(2,3)12-8-6-5-7-9-12/h5-9,13H,4,10H2,1-3H3,(H,17,18). The lowest BCUT2D eigenvalue weighted by atomic mass is 9.83. The van der Waals surface area contributed by atoms with Crippen molar-refractivity contribution in [2.24, 2.45) is 0 Å². The van der Waals surface area contributed by atoms with Gasteiger partial charge in [0.25, 0.3) is 0 Å². The van der Waals surface area contributed by atoms with Gasteiger partial charge in [-0.25, -0.2) is 0 Å². The number of nitrogens with one attached hydrogen (secondary N) is 1. The molecule has 1 aromatic rings. The Bertz CT molecular complexity index is 432. The fourth-order valence-corrected chi connectivity index (χ4v) is 1.76. The highest BCUT2D eigenvalue weighted by atomic mass is 16.2. The van der Waals surface area contributed by atoms with Gasteiger partial charge in [-0.1, -0.05) is 37.3 Å². The Morgan fingerprint density at radius 1 is 1.39 bits per heavy atom. The number of rotatable bonds is 5. The van der Waals surface area contributed by atoms with Crippen molar-refractivity contribution in [3.05, 3.63) is 35.9 Å². The highest BCUT2D eigenvalue weighted by Gasteiger charge is 2.30. The van der Waals surface area contributed by atoms with Crippen molar-refractivity contribution < 1.29 is 4.79 Å². The molecule has 0 saturated heterocycles. The van der Waals surface area contributed by atoms with E-state index in [9.17, 15) is 4.79 Å². The second-order valence-electron chi connectivity index (χ2n) is 4.93. The summed E-state index contributed by atoms with van der Waals surface area (Å²) in [4.78, 5) is 12.3. The minimum absolute atomic E-state index is 0.0317. The summed E-state index contributed by atoms with van der Waals surface area (Å²) in [6, 6.07) is 11.7. The van der Waals surface area contributed by atoms with Gasteiger partial charge in [0.1, 0.15) is 0 Å². The maximum absolute atomic E-state index is 12.3. The zero-order valence-electron chi connectivity index (χ0n) is 11.2. The molecule has 3 nitrogen and oxygen atoms in total. The van der Waals surface area contributed by atoms with Gasteiger partial charge in [-0.2, -0.15) is 5.26 Å². The second kappa shape index (κ2) is 6.20. The fourth-order valence-electron chi connectivity index (χ4n) is 1.76. The van der Waals surface area contributed by atoms with E-state index >= 15 is 0 Å². The average Bonchev–Trinajstić information content (AvgIpc) is 2.39. The summed E-state index contributed by atoms with van der Waals surface area (Å²) in [6.45, 7) is 5.77. The van der Waals surface area contributed by atoms with Gasteiger partial charge in [-0.15, -0.1) is 0 Å². The number of amides is 1. The van der Waals surface area contributed by atoms with Gasteiger partial charge in [-0.05, 0) is 25.8 Å².